The minimum atomic E-state index is -0.937. The van der Waals surface area contributed by atoms with Gasteiger partial charge in [0.1, 0.15) is 0 Å². The monoisotopic (exact) mass is 338 g/mol. The number of nitrogens with zero attached hydrogens (tertiary/aromatic N) is 3. The summed E-state index contributed by atoms with van der Waals surface area (Å²) in [6.45, 7) is 2.82. The van der Waals surface area contributed by atoms with Crippen LogP contribution >= 0.6 is 0 Å². The molecule has 1 aromatic heterocycles. The molecular weight excluding hydrogens is 318 g/mol. The molecule has 0 bridgehead atoms. The number of methoxy groups -OCH3 is 1. The van der Waals surface area contributed by atoms with E-state index in [0.29, 0.717) is 24.4 Å². The highest BCUT2D eigenvalue weighted by atomic mass is 19.2. The Labute approximate surface area is 139 Å². The molecule has 0 fully saturated rings. The number of aromatic nitrogens is 2. The third-order valence-electron chi connectivity index (χ3n) is 3.74. The van der Waals surface area contributed by atoms with Crippen molar-refractivity contribution in [3.63, 3.8) is 0 Å². The number of rotatable bonds is 6. The maximum Gasteiger partial charge on any atom is 0.322 e. The number of urea groups is 1. The molecule has 0 aliphatic rings. The summed E-state index contributed by atoms with van der Waals surface area (Å²) in [6, 6.07) is 2.79. The third kappa shape index (κ3) is 4.29. The second kappa shape index (κ2) is 7.87. The van der Waals surface area contributed by atoms with Gasteiger partial charge in [-0.15, -0.1) is 0 Å². The number of nitrogens with one attached hydrogen (secondary N) is 1. The number of carbonyl (C=O) groups is 1. The van der Waals surface area contributed by atoms with Crippen molar-refractivity contribution in [1.82, 2.24) is 14.7 Å². The first kappa shape index (κ1) is 17.9. The lowest BCUT2D eigenvalue weighted by molar-refractivity contribution is 0.183. The number of benzene rings is 1. The Hall–Kier alpha value is -2.48. The molecule has 2 amide bonds. The summed E-state index contributed by atoms with van der Waals surface area (Å²) < 4.78 is 33.0. The fourth-order valence-electron chi connectivity index (χ4n) is 2.12. The Kier molecular flexibility index (Phi) is 5.86. The van der Waals surface area contributed by atoms with Crippen LogP contribution in [-0.2, 0) is 11.3 Å². The number of ether oxygens (including phenoxy) is 1. The molecule has 0 aliphatic carbocycles. The summed E-state index contributed by atoms with van der Waals surface area (Å²) in [5, 5.41) is 6.81. The normalized spacial score (nSPS) is 12.0. The molecule has 2 rings (SSSR count). The molecule has 0 saturated carbocycles. The molecule has 1 N–H and O–H groups in total. The van der Waals surface area contributed by atoms with Crippen molar-refractivity contribution in [2.45, 2.75) is 19.5 Å². The molecule has 130 valence electrons. The van der Waals surface area contributed by atoms with E-state index >= 15 is 0 Å². The molecule has 0 spiro atoms. The molecule has 1 atom stereocenters. The maximum absolute atomic E-state index is 13.3. The molecule has 2 aromatic rings. The minimum Gasteiger partial charge on any atom is -0.383 e. The molecule has 0 aliphatic heterocycles. The van der Waals surface area contributed by atoms with E-state index in [2.05, 4.69) is 10.4 Å². The zero-order chi connectivity index (χ0) is 17.7. The summed E-state index contributed by atoms with van der Waals surface area (Å²) >= 11 is 0. The number of hydrogen-bond donors (Lipinski definition) is 1. The van der Waals surface area contributed by atoms with E-state index in [9.17, 15) is 13.6 Å². The molecule has 24 heavy (non-hydrogen) atoms. The van der Waals surface area contributed by atoms with Gasteiger partial charge >= 0.3 is 6.03 Å². The Morgan fingerprint density at radius 3 is 2.83 bits per heavy atom. The lowest BCUT2D eigenvalue weighted by Gasteiger charge is -2.25. The fraction of sp³-hybridized carbons (Fsp3) is 0.375. The van der Waals surface area contributed by atoms with E-state index in [0.717, 1.165) is 12.1 Å². The van der Waals surface area contributed by atoms with Crippen molar-refractivity contribution in [2.75, 3.05) is 26.1 Å². The molecule has 6 nitrogen and oxygen atoms in total. The second-order valence-electron chi connectivity index (χ2n) is 5.38. The van der Waals surface area contributed by atoms with Gasteiger partial charge in [-0.2, -0.15) is 5.10 Å². The van der Waals surface area contributed by atoms with E-state index < -0.39 is 17.7 Å². The molecule has 0 radical (unpaired) electrons. The lowest BCUT2D eigenvalue weighted by Crippen LogP contribution is -2.33. The van der Waals surface area contributed by atoms with Crippen molar-refractivity contribution >= 4 is 11.7 Å². The summed E-state index contributed by atoms with van der Waals surface area (Å²) in [5.41, 5.74) is 1.04. The Bertz CT molecular complexity index is 705. The zero-order valence-corrected chi connectivity index (χ0v) is 13.8. The molecular formula is C16H20F2N4O2. The number of amides is 2. The zero-order valence-electron chi connectivity index (χ0n) is 13.8. The van der Waals surface area contributed by atoms with Crippen LogP contribution in [0.2, 0.25) is 0 Å². The van der Waals surface area contributed by atoms with E-state index in [1.165, 1.54) is 17.2 Å². The average molecular weight is 338 g/mol. The standard InChI is InChI=1S/C16H20F2N4O2/c1-11(12-4-5-14(17)15(18)8-12)21(2)16(23)20-13-9-19-22(10-13)6-7-24-3/h4-5,8-11H,6-7H2,1-3H3,(H,20,23)/t11-/m1/s1. The molecule has 1 aromatic carbocycles. The fourth-order valence-corrected chi connectivity index (χ4v) is 2.12. The Balaban J connectivity index is 2.00. The first-order valence-electron chi connectivity index (χ1n) is 7.42. The maximum atomic E-state index is 13.3. The van der Waals surface area contributed by atoms with Gasteiger partial charge in [0.2, 0.25) is 0 Å². The highest BCUT2D eigenvalue weighted by molar-refractivity contribution is 5.89. The summed E-state index contributed by atoms with van der Waals surface area (Å²) in [5.74, 6) is -1.85. The van der Waals surface area contributed by atoms with Crippen LogP contribution in [0.1, 0.15) is 18.5 Å². The number of hydrogen-bond acceptors (Lipinski definition) is 3. The lowest BCUT2D eigenvalue weighted by atomic mass is 10.1. The van der Waals surface area contributed by atoms with Gasteiger partial charge in [0, 0.05) is 20.4 Å². The van der Waals surface area contributed by atoms with Crippen LogP contribution in [0.5, 0.6) is 0 Å². The van der Waals surface area contributed by atoms with Crippen LogP contribution < -0.4 is 5.32 Å². The number of halogens is 2. The molecule has 1 heterocycles. The Morgan fingerprint density at radius 1 is 1.42 bits per heavy atom. The topological polar surface area (TPSA) is 59.4 Å². The van der Waals surface area contributed by atoms with E-state index in [-0.39, 0.29) is 6.03 Å². The van der Waals surface area contributed by atoms with Gasteiger partial charge in [-0.05, 0) is 24.6 Å². The van der Waals surface area contributed by atoms with Crippen LogP contribution in [0.4, 0.5) is 19.3 Å². The number of anilines is 1. The van der Waals surface area contributed by atoms with Crippen molar-refractivity contribution in [3.8, 4) is 0 Å². The predicted octanol–water partition coefficient (Wildman–Crippen LogP) is 3.03. The van der Waals surface area contributed by atoms with E-state index in [4.69, 9.17) is 4.74 Å². The van der Waals surface area contributed by atoms with Crippen molar-refractivity contribution in [1.29, 1.82) is 0 Å². The summed E-state index contributed by atoms with van der Waals surface area (Å²) in [4.78, 5) is 13.7. The Morgan fingerprint density at radius 2 is 2.17 bits per heavy atom. The molecule has 0 unspecified atom stereocenters. The van der Waals surface area contributed by atoms with E-state index in [1.807, 2.05) is 0 Å². The second-order valence-corrected chi connectivity index (χ2v) is 5.38. The minimum absolute atomic E-state index is 0.376. The van der Waals surface area contributed by atoms with Gasteiger partial charge in [0.05, 0.1) is 31.1 Å². The van der Waals surface area contributed by atoms with Gasteiger partial charge in [-0.3, -0.25) is 4.68 Å². The summed E-state index contributed by atoms with van der Waals surface area (Å²) in [7, 11) is 3.18. The van der Waals surface area contributed by atoms with Crippen LogP contribution in [0.3, 0.4) is 0 Å². The molecule has 8 heteroatoms. The highest BCUT2D eigenvalue weighted by Gasteiger charge is 2.19. The van der Waals surface area contributed by atoms with Gasteiger partial charge in [0.15, 0.2) is 11.6 Å². The largest absolute Gasteiger partial charge is 0.383 e. The van der Waals surface area contributed by atoms with Crippen LogP contribution in [0.15, 0.2) is 30.6 Å². The predicted molar refractivity (Wildman–Crippen MR) is 85.7 cm³/mol. The third-order valence-corrected chi connectivity index (χ3v) is 3.74. The van der Waals surface area contributed by atoms with Crippen LogP contribution in [0.25, 0.3) is 0 Å². The van der Waals surface area contributed by atoms with Crippen molar-refractivity contribution in [3.05, 3.63) is 47.8 Å². The van der Waals surface area contributed by atoms with Crippen molar-refractivity contribution in [2.24, 2.45) is 0 Å². The van der Waals surface area contributed by atoms with Gasteiger partial charge < -0.3 is 15.0 Å². The molecule has 0 saturated heterocycles. The van der Waals surface area contributed by atoms with Gasteiger partial charge in [0.25, 0.3) is 0 Å². The average Bonchev–Trinajstić information content (AvgIpc) is 3.01. The smallest absolute Gasteiger partial charge is 0.322 e. The highest BCUT2D eigenvalue weighted by Crippen LogP contribution is 2.21. The SMILES string of the molecule is COCCn1cc(NC(=O)N(C)[C@H](C)c2ccc(F)c(F)c2)cn1. The first-order chi connectivity index (χ1) is 11.4. The van der Waals surface area contributed by atoms with Crippen LogP contribution in [0, 0.1) is 11.6 Å². The number of carbonyl (C=O) groups excluding carboxylic acids is 1. The van der Waals surface area contributed by atoms with Crippen LogP contribution in [-0.4, -0.2) is 41.5 Å². The van der Waals surface area contributed by atoms with Gasteiger partial charge in [-0.1, -0.05) is 6.07 Å². The van der Waals surface area contributed by atoms with Crippen molar-refractivity contribution < 1.29 is 18.3 Å². The van der Waals surface area contributed by atoms with Gasteiger partial charge in [-0.25, -0.2) is 13.6 Å². The summed E-state index contributed by atoms with van der Waals surface area (Å²) in [6.07, 6.45) is 3.22. The van der Waals surface area contributed by atoms with E-state index in [1.54, 1.807) is 32.0 Å². The first-order valence-corrected chi connectivity index (χ1v) is 7.42. The quantitative estimate of drug-likeness (QED) is 0.881.